The molecule has 0 unspecified atom stereocenters. The number of fused-ring (bicyclic) bond motifs is 6. The van der Waals surface area contributed by atoms with Crippen LogP contribution in [0.4, 0.5) is 0 Å². The van der Waals surface area contributed by atoms with Crippen LogP contribution in [0.15, 0.2) is 218 Å². The first kappa shape index (κ1) is 35.9. The maximum absolute atomic E-state index is 5.22. The molecule has 0 amide bonds. The Morgan fingerprint density at radius 1 is 0.306 bits per heavy atom. The van der Waals surface area contributed by atoms with Gasteiger partial charge in [0.1, 0.15) is 0 Å². The van der Waals surface area contributed by atoms with Crippen molar-refractivity contribution < 1.29 is 0 Å². The number of para-hydroxylation sites is 1. The summed E-state index contributed by atoms with van der Waals surface area (Å²) in [4.78, 5) is 15.5. The Labute approximate surface area is 362 Å². The van der Waals surface area contributed by atoms with E-state index in [0.717, 1.165) is 55.7 Å². The SMILES string of the molecule is c1ccc(-c2cccc(-c3nc(-c4ccccc4)nc(-c4ccc(-n5c6ccccc6c6ccc(-c7cccc8c7sc7ccccc78)cc65)c(-c5ccccc5)c4)n3)c2)cc1. The van der Waals surface area contributed by atoms with E-state index in [1.807, 2.05) is 35.6 Å². The van der Waals surface area contributed by atoms with Crippen LogP contribution in [0.3, 0.4) is 0 Å². The molecule has 3 heterocycles. The monoisotopic (exact) mass is 808 g/mol. The third kappa shape index (κ3) is 6.18. The average Bonchev–Trinajstić information content (AvgIpc) is 3.90. The van der Waals surface area contributed by atoms with Crippen molar-refractivity contribution in [3.8, 4) is 73.2 Å². The number of benzene rings is 9. The van der Waals surface area contributed by atoms with E-state index in [1.165, 1.54) is 42.1 Å². The Bertz CT molecular complexity index is 3630. The lowest BCUT2D eigenvalue weighted by molar-refractivity contribution is 1.07. The lowest BCUT2D eigenvalue weighted by atomic mass is 9.99. The summed E-state index contributed by atoms with van der Waals surface area (Å²) in [5.74, 6) is 1.87. The van der Waals surface area contributed by atoms with Gasteiger partial charge in [-0.05, 0) is 70.3 Å². The average molecular weight is 809 g/mol. The summed E-state index contributed by atoms with van der Waals surface area (Å²) in [5, 5.41) is 5.03. The molecule has 62 heavy (non-hydrogen) atoms. The fourth-order valence-corrected chi connectivity index (χ4v) is 10.1. The van der Waals surface area contributed by atoms with Gasteiger partial charge in [-0.25, -0.2) is 15.0 Å². The second-order valence-corrected chi connectivity index (χ2v) is 16.6. The van der Waals surface area contributed by atoms with Crippen molar-refractivity contribution in [3.05, 3.63) is 218 Å². The van der Waals surface area contributed by atoms with Gasteiger partial charge in [0.25, 0.3) is 0 Å². The largest absolute Gasteiger partial charge is 0.309 e. The van der Waals surface area contributed by atoms with Gasteiger partial charge in [0, 0.05) is 53.2 Å². The van der Waals surface area contributed by atoms with Crippen LogP contribution in [0.5, 0.6) is 0 Å². The summed E-state index contributed by atoms with van der Waals surface area (Å²) in [6, 6.07) is 77.5. The highest BCUT2D eigenvalue weighted by Crippen LogP contribution is 2.43. The molecule has 0 bridgehead atoms. The molecule has 0 N–H and O–H groups in total. The van der Waals surface area contributed by atoms with E-state index in [9.17, 15) is 0 Å². The molecule has 0 aliphatic rings. The van der Waals surface area contributed by atoms with E-state index >= 15 is 0 Å². The van der Waals surface area contributed by atoms with E-state index in [1.54, 1.807) is 0 Å². The minimum absolute atomic E-state index is 0.614. The van der Waals surface area contributed by atoms with Crippen LogP contribution in [-0.2, 0) is 0 Å². The smallest absolute Gasteiger partial charge is 0.164 e. The molecule has 0 saturated carbocycles. The minimum Gasteiger partial charge on any atom is -0.309 e. The summed E-state index contributed by atoms with van der Waals surface area (Å²) < 4.78 is 5.05. The van der Waals surface area contributed by atoms with E-state index in [2.05, 4.69) is 199 Å². The molecule has 3 aromatic heterocycles. The van der Waals surface area contributed by atoms with Gasteiger partial charge in [-0.1, -0.05) is 176 Å². The molecule has 12 rings (SSSR count). The number of hydrogen-bond donors (Lipinski definition) is 0. The molecule has 0 saturated heterocycles. The summed E-state index contributed by atoms with van der Waals surface area (Å²) in [6.45, 7) is 0. The van der Waals surface area contributed by atoms with Gasteiger partial charge in [0.15, 0.2) is 17.5 Å². The van der Waals surface area contributed by atoms with Crippen molar-refractivity contribution >= 4 is 53.3 Å². The lowest BCUT2D eigenvalue weighted by Crippen LogP contribution is -2.02. The first-order valence-corrected chi connectivity index (χ1v) is 21.7. The highest BCUT2D eigenvalue weighted by molar-refractivity contribution is 7.26. The molecule has 4 nitrogen and oxygen atoms in total. The van der Waals surface area contributed by atoms with E-state index in [0.29, 0.717) is 17.5 Å². The summed E-state index contributed by atoms with van der Waals surface area (Å²) in [6.07, 6.45) is 0. The summed E-state index contributed by atoms with van der Waals surface area (Å²) in [5.41, 5.74) is 13.0. The Hall–Kier alpha value is -7.99. The second kappa shape index (κ2) is 14.9. The van der Waals surface area contributed by atoms with Gasteiger partial charge in [0.05, 0.1) is 16.7 Å². The van der Waals surface area contributed by atoms with Gasteiger partial charge in [-0.2, -0.15) is 0 Å². The van der Waals surface area contributed by atoms with Gasteiger partial charge in [-0.15, -0.1) is 11.3 Å². The fraction of sp³-hybridized carbons (Fsp3) is 0. The zero-order chi connectivity index (χ0) is 41.0. The lowest BCUT2D eigenvalue weighted by Gasteiger charge is -2.16. The van der Waals surface area contributed by atoms with Gasteiger partial charge in [0.2, 0.25) is 0 Å². The molecule has 0 atom stereocenters. The van der Waals surface area contributed by atoms with Gasteiger partial charge in [-0.3, -0.25) is 0 Å². The molecule has 0 aliphatic heterocycles. The molecule has 290 valence electrons. The topological polar surface area (TPSA) is 43.6 Å². The standard InChI is InChI=1S/C57H36N4S/c1-4-16-37(17-5-1)40-22-14-23-42(34-40)56-58-55(39-20-8-3-9-21-39)59-57(60-56)43-31-33-51(49(35-43)38-18-6-2-7-19-38)61-50-28-12-10-24-45(50)46-32-30-41(36-52(46)61)44-26-15-27-48-47-25-11-13-29-53(47)62-54(44)48/h1-36H. The van der Waals surface area contributed by atoms with Crippen LogP contribution in [0, 0.1) is 0 Å². The normalized spacial score (nSPS) is 11.5. The zero-order valence-electron chi connectivity index (χ0n) is 33.5. The van der Waals surface area contributed by atoms with Gasteiger partial charge >= 0.3 is 0 Å². The maximum Gasteiger partial charge on any atom is 0.164 e. The van der Waals surface area contributed by atoms with Crippen LogP contribution in [0.1, 0.15) is 0 Å². The third-order valence-electron chi connectivity index (χ3n) is 11.9. The van der Waals surface area contributed by atoms with Crippen molar-refractivity contribution in [3.63, 3.8) is 0 Å². The van der Waals surface area contributed by atoms with Crippen molar-refractivity contribution in [2.45, 2.75) is 0 Å². The van der Waals surface area contributed by atoms with E-state index in [4.69, 9.17) is 15.0 Å². The molecular formula is C57H36N4S. The molecule has 12 aromatic rings. The Balaban J connectivity index is 1.06. The predicted octanol–water partition coefficient (Wildman–Crippen LogP) is 15.3. The Morgan fingerprint density at radius 3 is 1.63 bits per heavy atom. The highest BCUT2D eigenvalue weighted by atomic mass is 32.1. The molecule has 9 aromatic carbocycles. The van der Waals surface area contributed by atoms with Crippen LogP contribution in [0.2, 0.25) is 0 Å². The first-order chi connectivity index (χ1) is 30.7. The summed E-state index contributed by atoms with van der Waals surface area (Å²) >= 11 is 1.87. The number of aromatic nitrogens is 4. The van der Waals surface area contributed by atoms with Crippen LogP contribution >= 0.6 is 11.3 Å². The van der Waals surface area contributed by atoms with Crippen LogP contribution in [-0.4, -0.2) is 19.5 Å². The van der Waals surface area contributed by atoms with Crippen molar-refractivity contribution in [1.82, 2.24) is 19.5 Å². The molecular weight excluding hydrogens is 773 g/mol. The van der Waals surface area contributed by atoms with Crippen molar-refractivity contribution in [1.29, 1.82) is 0 Å². The molecule has 0 spiro atoms. The minimum atomic E-state index is 0.614. The molecule has 0 aliphatic carbocycles. The van der Waals surface area contributed by atoms with E-state index in [-0.39, 0.29) is 0 Å². The number of rotatable bonds is 7. The van der Waals surface area contributed by atoms with E-state index < -0.39 is 0 Å². The molecule has 5 heteroatoms. The molecule has 0 radical (unpaired) electrons. The highest BCUT2D eigenvalue weighted by Gasteiger charge is 2.20. The summed E-state index contributed by atoms with van der Waals surface area (Å²) in [7, 11) is 0. The van der Waals surface area contributed by atoms with Crippen LogP contribution in [0.25, 0.3) is 115 Å². The molecule has 0 fully saturated rings. The second-order valence-electron chi connectivity index (χ2n) is 15.6. The van der Waals surface area contributed by atoms with Gasteiger partial charge < -0.3 is 4.57 Å². The zero-order valence-corrected chi connectivity index (χ0v) is 34.3. The third-order valence-corrected chi connectivity index (χ3v) is 13.1. The van der Waals surface area contributed by atoms with Crippen molar-refractivity contribution in [2.24, 2.45) is 0 Å². The number of thiophene rings is 1. The quantitative estimate of drug-likeness (QED) is 0.161. The Kier molecular flexibility index (Phi) is 8.65. The fourth-order valence-electron chi connectivity index (χ4n) is 8.91. The van der Waals surface area contributed by atoms with Crippen molar-refractivity contribution in [2.75, 3.05) is 0 Å². The van der Waals surface area contributed by atoms with Crippen LogP contribution < -0.4 is 0 Å². The number of nitrogens with zero attached hydrogens (tertiary/aromatic N) is 4. The maximum atomic E-state index is 5.22. The Morgan fingerprint density at radius 2 is 0.855 bits per heavy atom. The first-order valence-electron chi connectivity index (χ1n) is 20.8. The number of hydrogen-bond acceptors (Lipinski definition) is 4. The predicted molar refractivity (Wildman–Crippen MR) is 260 cm³/mol.